The van der Waals surface area contributed by atoms with Gasteiger partial charge in [-0.1, -0.05) is 57.8 Å². The number of hydrogen-bond acceptors (Lipinski definition) is 0. The molecule has 2 radical (unpaired) electrons. The quantitative estimate of drug-likeness (QED) is 0.377. The van der Waals surface area contributed by atoms with Crippen LogP contribution in [0.1, 0.15) is 57.8 Å². The first kappa shape index (κ1) is 11.6. The smallest absolute Gasteiger partial charge is 0.00989 e. The van der Waals surface area contributed by atoms with Crippen molar-refractivity contribution in [3.63, 3.8) is 0 Å². The first-order chi connectivity index (χ1) is 5.91. The highest BCUT2D eigenvalue weighted by Crippen LogP contribution is 2.08. The fraction of sp³-hybridized carbons (Fsp3) is 0.750. The molecule has 0 heteroatoms. The monoisotopic (exact) mass is 164 g/mol. The van der Waals surface area contributed by atoms with Crippen molar-refractivity contribution in [3.05, 3.63) is 13.3 Å². The highest BCUT2D eigenvalue weighted by molar-refractivity contribution is 4.74. The van der Waals surface area contributed by atoms with Crippen LogP contribution in [-0.2, 0) is 0 Å². The molecule has 0 nitrogen and oxygen atoms in total. The molecule has 0 saturated carbocycles. The van der Waals surface area contributed by atoms with Gasteiger partial charge in [0.25, 0.3) is 0 Å². The van der Waals surface area contributed by atoms with E-state index in [9.17, 15) is 0 Å². The Balaban J connectivity index is 2.78. The molecule has 0 aromatic carbocycles. The summed E-state index contributed by atoms with van der Waals surface area (Å²) in [6.07, 6.45) is 17.8. The molecule has 0 amide bonds. The van der Waals surface area contributed by atoms with Gasteiger partial charge in [-0.2, -0.15) is 0 Å². The Morgan fingerprint density at radius 1 is 0.833 bits per heavy atom. The van der Waals surface area contributed by atoms with Crippen molar-refractivity contribution in [2.24, 2.45) is 0 Å². The molecule has 0 rings (SSSR count). The average molecular weight is 164 g/mol. The maximum atomic E-state index is 6.72. The first-order valence-electron chi connectivity index (χ1n) is 5.10. The predicted octanol–water partition coefficient (Wildman–Crippen LogP) is 3.92. The van der Waals surface area contributed by atoms with Gasteiger partial charge in [0.15, 0.2) is 0 Å². The molecule has 0 atom stereocenters. The van der Waals surface area contributed by atoms with E-state index in [1.165, 1.54) is 38.5 Å². The molecule has 0 heterocycles. The third kappa shape index (κ3) is 9.56. The summed E-state index contributed by atoms with van der Waals surface area (Å²) in [6.45, 7) is 3.81. The van der Waals surface area contributed by atoms with E-state index in [2.05, 4.69) is 12.8 Å². The Hall–Kier alpha value is -0.440. The van der Waals surface area contributed by atoms with E-state index in [4.69, 9.17) is 6.42 Å². The van der Waals surface area contributed by atoms with E-state index >= 15 is 0 Å². The van der Waals surface area contributed by atoms with Gasteiger partial charge in [0, 0.05) is 6.42 Å². The zero-order valence-corrected chi connectivity index (χ0v) is 8.07. The van der Waals surface area contributed by atoms with Crippen LogP contribution < -0.4 is 0 Å². The van der Waals surface area contributed by atoms with Crippen molar-refractivity contribution in [3.8, 4) is 5.92 Å². The van der Waals surface area contributed by atoms with Crippen LogP contribution in [0.5, 0.6) is 0 Å². The molecule has 0 aromatic heterocycles. The third-order valence-electron chi connectivity index (χ3n) is 2.05. The van der Waals surface area contributed by atoms with Crippen LogP contribution in [0.3, 0.4) is 0 Å². The molecule has 0 saturated heterocycles. The van der Waals surface area contributed by atoms with Gasteiger partial charge in [0.2, 0.25) is 0 Å². The summed E-state index contributed by atoms with van der Waals surface area (Å²) in [5.41, 5.74) is 0. The molecule has 0 aromatic rings. The maximum Gasteiger partial charge on any atom is 0.00989 e. The SMILES string of the molecule is [C]#CCCCCCCCCC[CH2]. The normalized spacial score (nSPS) is 9.67. The largest absolute Gasteiger partial charge is 0.0891 e. The minimum atomic E-state index is 0.846. The van der Waals surface area contributed by atoms with Crippen molar-refractivity contribution < 1.29 is 0 Å². The third-order valence-corrected chi connectivity index (χ3v) is 2.05. The molecule has 0 aliphatic heterocycles. The molecule has 0 unspecified atom stereocenters. The molecule has 0 bridgehead atoms. The summed E-state index contributed by atoms with van der Waals surface area (Å²) in [5, 5.41) is 0. The lowest BCUT2D eigenvalue weighted by Gasteiger charge is -1.98. The molecule has 0 fully saturated rings. The Morgan fingerprint density at radius 3 is 1.83 bits per heavy atom. The summed E-state index contributed by atoms with van der Waals surface area (Å²) >= 11 is 0. The highest BCUT2D eigenvalue weighted by atomic mass is 14.0. The molecular weight excluding hydrogens is 144 g/mol. The molecule has 0 aliphatic carbocycles. The van der Waals surface area contributed by atoms with Gasteiger partial charge in [0.1, 0.15) is 0 Å². The minimum absolute atomic E-state index is 0.846. The summed E-state index contributed by atoms with van der Waals surface area (Å²) in [7, 11) is 0. The standard InChI is InChI=1S/C12H20/c1-3-5-7-9-11-12-10-8-6-4-2/h1,3,5-12H2. The maximum absolute atomic E-state index is 6.72. The second-order valence-corrected chi connectivity index (χ2v) is 3.26. The molecule has 68 valence electrons. The van der Waals surface area contributed by atoms with E-state index in [1.807, 2.05) is 0 Å². The zero-order valence-electron chi connectivity index (χ0n) is 8.07. The van der Waals surface area contributed by atoms with Crippen LogP contribution in [0.15, 0.2) is 0 Å². The van der Waals surface area contributed by atoms with Crippen LogP contribution in [0.2, 0.25) is 0 Å². The lowest BCUT2D eigenvalue weighted by Crippen LogP contribution is -1.79. The van der Waals surface area contributed by atoms with Gasteiger partial charge >= 0.3 is 0 Å². The van der Waals surface area contributed by atoms with E-state index in [-0.39, 0.29) is 0 Å². The average Bonchev–Trinajstić information content (AvgIpc) is 2.10. The van der Waals surface area contributed by atoms with Gasteiger partial charge in [-0.3, -0.25) is 0 Å². The van der Waals surface area contributed by atoms with Gasteiger partial charge in [-0.05, 0) is 12.8 Å². The van der Waals surface area contributed by atoms with Crippen LogP contribution >= 0.6 is 0 Å². The zero-order chi connectivity index (χ0) is 9.07. The fourth-order valence-electron chi connectivity index (χ4n) is 1.27. The van der Waals surface area contributed by atoms with Crippen molar-refractivity contribution in [2.75, 3.05) is 0 Å². The second kappa shape index (κ2) is 10.6. The van der Waals surface area contributed by atoms with Crippen molar-refractivity contribution in [1.82, 2.24) is 0 Å². The topological polar surface area (TPSA) is 0 Å². The van der Waals surface area contributed by atoms with Crippen molar-refractivity contribution in [2.45, 2.75) is 57.8 Å². The summed E-state index contributed by atoms with van der Waals surface area (Å²) < 4.78 is 0. The number of unbranched alkanes of at least 4 members (excludes halogenated alkanes) is 8. The second-order valence-electron chi connectivity index (χ2n) is 3.26. The molecule has 0 N–H and O–H groups in total. The minimum Gasteiger partial charge on any atom is -0.0891 e. The van der Waals surface area contributed by atoms with Gasteiger partial charge in [0.05, 0.1) is 0 Å². The van der Waals surface area contributed by atoms with E-state index < -0.39 is 0 Å². The molecule has 0 spiro atoms. The Labute approximate surface area is 77.8 Å². The van der Waals surface area contributed by atoms with E-state index in [0.717, 1.165) is 19.3 Å². The Bertz CT molecular complexity index is 108. The Kier molecular flexibility index (Phi) is 10.2. The first-order valence-corrected chi connectivity index (χ1v) is 5.10. The van der Waals surface area contributed by atoms with E-state index in [0.29, 0.717) is 0 Å². The van der Waals surface area contributed by atoms with Crippen molar-refractivity contribution >= 4 is 0 Å². The lowest BCUT2D eigenvalue weighted by molar-refractivity contribution is 0.585. The van der Waals surface area contributed by atoms with Gasteiger partial charge < -0.3 is 0 Å². The predicted molar refractivity (Wildman–Crippen MR) is 54.0 cm³/mol. The van der Waals surface area contributed by atoms with Crippen molar-refractivity contribution in [1.29, 1.82) is 0 Å². The van der Waals surface area contributed by atoms with Gasteiger partial charge in [-0.15, -0.1) is 0 Å². The molecule has 0 aliphatic rings. The summed E-state index contributed by atoms with van der Waals surface area (Å²) in [5.74, 6) is 2.42. The van der Waals surface area contributed by atoms with E-state index in [1.54, 1.807) is 0 Å². The van der Waals surface area contributed by atoms with Crippen LogP contribution in [0, 0.1) is 19.3 Å². The number of rotatable bonds is 8. The van der Waals surface area contributed by atoms with Crippen LogP contribution in [0.25, 0.3) is 0 Å². The number of hydrogen-bond donors (Lipinski definition) is 0. The lowest BCUT2D eigenvalue weighted by atomic mass is 10.1. The molecule has 12 heavy (non-hydrogen) atoms. The summed E-state index contributed by atoms with van der Waals surface area (Å²) in [6, 6.07) is 0. The molecular formula is C12H20. The summed E-state index contributed by atoms with van der Waals surface area (Å²) in [4.78, 5) is 0. The van der Waals surface area contributed by atoms with Crippen LogP contribution in [-0.4, -0.2) is 0 Å². The fourth-order valence-corrected chi connectivity index (χ4v) is 1.27. The van der Waals surface area contributed by atoms with Crippen LogP contribution in [0.4, 0.5) is 0 Å². The van der Waals surface area contributed by atoms with Gasteiger partial charge in [-0.25, -0.2) is 0 Å². The highest BCUT2D eigenvalue weighted by Gasteiger charge is 1.89. The Morgan fingerprint density at radius 2 is 1.33 bits per heavy atom.